The molecule has 396 valence electrons. The molecule has 1 saturated heterocycles. The predicted octanol–water partition coefficient (Wildman–Crippen LogP) is 0.0896. The molecule has 22 nitrogen and oxygen atoms in total. The van der Waals surface area contributed by atoms with Crippen molar-refractivity contribution in [1.29, 1.82) is 0 Å². The normalized spacial score (nSPS) is 22.8. The smallest absolute Gasteiger partial charge is 0.248 e. The van der Waals surface area contributed by atoms with Gasteiger partial charge in [-0.1, -0.05) is 90.9 Å². The van der Waals surface area contributed by atoms with Crippen LogP contribution in [-0.4, -0.2) is 140 Å². The second-order valence-electron chi connectivity index (χ2n) is 18.4. The molecule has 2 bridgehead atoms. The monoisotopic (exact) mass is 1010 g/mol. The molecule has 2 aliphatic rings. The number of unbranched alkanes of at least 4 members (excludes halogenated alkanes) is 13. The van der Waals surface area contributed by atoms with E-state index >= 15 is 0 Å². The molecule has 0 aromatic rings. The molecule has 0 saturated carbocycles. The molecule has 0 aliphatic carbocycles. The highest BCUT2D eigenvalue weighted by Crippen LogP contribution is 2.25. The summed E-state index contributed by atoms with van der Waals surface area (Å²) in [6.45, 7) is 4.57. The Morgan fingerprint density at radius 3 is 1.97 bits per heavy atom. The van der Waals surface area contributed by atoms with Crippen LogP contribution >= 0.6 is 11.8 Å². The zero-order valence-corrected chi connectivity index (χ0v) is 42.8. The Labute approximate surface area is 417 Å². The third-order valence-electron chi connectivity index (χ3n) is 12.0. The molecule has 0 aromatic carbocycles. The maximum Gasteiger partial charge on any atom is 0.248 e. The molecule has 6 atom stereocenters. The van der Waals surface area contributed by atoms with E-state index in [0.717, 1.165) is 56.4 Å². The number of guanidine groups is 1. The molecule has 2 rings (SSSR count). The molecule has 9 amide bonds. The van der Waals surface area contributed by atoms with Gasteiger partial charge in [0.05, 0.1) is 13.2 Å². The van der Waals surface area contributed by atoms with Crippen molar-refractivity contribution in [3.05, 3.63) is 11.6 Å². The summed E-state index contributed by atoms with van der Waals surface area (Å²) >= 11 is 0.927. The Bertz CT molecular complexity index is 1790. The van der Waals surface area contributed by atoms with E-state index in [4.69, 9.17) is 5.73 Å². The zero-order chi connectivity index (χ0) is 51.9. The van der Waals surface area contributed by atoms with Crippen LogP contribution in [-0.2, 0) is 43.2 Å². The summed E-state index contributed by atoms with van der Waals surface area (Å²) in [5.74, 6) is -6.53. The number of rotatable bonds is 26. The highest BCUT2D eigenvalue weighted by atomic mass is 32.2. The molecule has 1 fully saturated rings. The number of nitrogens with one attached hydrogen (secondary N) is 10. The van der Waals surface area contributed by atoms with Gasteiger partial charge in [0, 0.05) is 51.9 Å². The topological polar surface area (TPSA) is 333 Å². The van der Waals surface area contributed by atoms with Crippen molar-refractivity contribution in [1.82, 2.24) is 53.2 Å². The summed E-state index contributed by atoms with van der Waals surface area (Å²) in [7, 11) is 3.62. The van der Waals surface area contributed by atoms with E-state index in [2.05, 4.69) is 58.2 Å². The van der Waals surface area contributed by atoms with Gasteiger partial charge in [-0.15, -0.1) is 11.8 Å². The second kappa shape index (κ2) is 34.0. The minimum atomic E-state index is -2.00. The Balaban J connectivity index is 2.11. The first-order valence-electron chi connectivity index (χ1n) is 24.9. The third kappa shape index (κ3) is 23.9. The predicted molar refractivity (Wildman–Crippen MR) is 268 cm³/mol. The van der Waals surface area contributed by atoms with E-state index in [1.54, 1.807) is 20.9 Å². The number of carbonyl (C=O) groups is 9. The van der Waals surface area contributed by atoms with Gasteiger partial charge in [0.2, 0.25) is 53.2 Å². The van der Waals surface area contributed by atoms with Gasteiger partial charge < -0.3 is 64.0 Å². The van der Waals surface area contributed by atoms with E-state index in [1.807, 2.05) is 7.05 Å². The molecule has 2 aliphatic heterocycles. The summed E-state index contributed by atoms with van der Waals surface area (Å²) in [4.78, 5) is 124. The number of thioether (sulfide) groups is 1. The van der Waals surface area contributed by atoms with Crippen molar-refractivity contribution in [3.8, 4) is 0 Å². The van der Waals surface area contributed by atoms with Crippen molar-refractivity contribution >= 4 is 70.9 Å². The molecule has 0 radical (unpaired) electrons. The molecular weight excluding hydrogens is 925 g/mol. The van der Waals surface area contributed by atoms with Gasteiger partial charge in [-0.3, -0.25) is 48.1 Å². The fourth-order valence-electron chi connectivity index (χ4n) is 7.94. The van der Waals surface area contributed by atoms with Gasteiger partial charge >= 0.3 is 0 Å². The van der Waals surface area contributed by atoms with Crippen molar-refractivity contribution < 1.29 is 48.3 Å². The summed E-state index contributed by atoms with van der Waals surface area (Å²) in [6, 6.07) is -6.73. The minimum Gasteiger partial charge on any atom is -0.394 e. The fraction of sp³-hybridized carbons (Fsp3) is 0.745. The van der Waals surface area contributed by atoms with Gasteiger partial charge in [-0.05, 0) is 43.9 Å². The van der Waals surface area contributed by atoms with Gasteiger partial charge in [-0.2, -0.15) is 0 Å². The number of hydrogen-bond acceptors (Lipinski definition) is 12. The molecule has 23 heteroatoms. The van der Waals surface area contributed by atoms with Crippen LogP contribution in [0.3, 0.4) is 0 Å². The minimum absolute atomic E-state index is 0.0813. The maximum absolute atomic E-state index is 14.5. The Morgan fingerprint density at radius 2 is 1.40 bits per heavy atom. The number of fused-ring (bicyclic) bond motifs is 2. The van der Waals surface area contributed by atoms with Crippen molar-refractivity contribution in [3.63, 3.8) is 0 Å². The van der Waals surface area contributed by atoms with E-state index in [0.29, 0.717) is 6.42 Å². The molecular formula is C47H82N12O10S. The molecule has 0 spiro atoms. The zero-order valence-electron chi connectivity index (χ0n) is 41.9. The van der Waals surface area contributed by atoms with E-state index in [9.17, 15) is 48.3 Å². The Kier molecular flexibility index (Phi) is 29.4. The van der Waals surface area contributed by atoms with Crippen LogP contribution in [0.5, 0.6) is 0 Å². The van der Waals surface area contributed by atoms with E-state index in [1.165, 1.54) is 69.9 Å². The highest BCUT2D eigenvalue weighted by Gasteiger charge is 2.48. The standard InChI is InChI=1S/C47H82N12O10S/c1-31(2)26-34-41(65)53-28-39(63)55-36(29-60)42(66)51-24-25-70-30-47(27-35(44(68)56-34)57-43(67)33(58-45(47)69)21-22-37(48)61)59-40(64)32(3)54-38(62)20-18-16-14-12-10-8-6-7-9-11-13-15-17-19-23-52-46(49-4)50-5/h24-25,31-36,60H,6-23,26-30H2,1-5H3,(H2,48,61)(H,51,66)(H,53,65)(H,54,62)(H,55,63)(H,56,68)(H,57,67)(H,58,69)(H,59,64)(H2,49,50,52)/b25-24-. The average molecular weight is 1010 g/mol. The van der Waals surface area contributed by atoms with Gasteiger partial charge in [-0.25, -0.2) is 0 Å². The number of carbonyl (C=O) groups excluding carboxylic acids is 9. The van der Waals surface area contributed by atoms with Crippen LogP contribution in [0, 0.1) is 5.92 Å². The number of nitrogens with zero attached hydrogens (tertiary/aromatic N) is 1. The Hall–Kier alpha value is -5.45. The van der Waals surface area contributed by atoms with E-state index in [-0.39, 0.29) is 43.3 Å². The summed E-state index contributed by atoms with van der Waals surface area (Å²) in [5.41, 5.74) is 3.37. The van der Waals surface area contributed by atoms with Crippen molar-refractivity contribution in [2.45, 2.75) is 179 Å². The lowest BCUT2D eigenvalue weighted by molar-refractivity contribution is -0.141. The molecule has 6 unspecified atom stereocenters. The third-order valence-corrected chi connectivity index (χ3v) is 12.9. The average Bonchev–Trinajstić information content (AvgIpc) is 3.31. The lowest BCUT2D eigenvalue weighted by atomic mass is 9.88. The lowest BCUT2D eigenvalue weighted by Gasteiger charge is -2.40. The molecule has 2 heterocycles. The SMILES string of the molecule is CN=C(NC)NCCCCCCCCCCCCCCCCC(=O)NC(C)C(=O)NC12CS/C=C\NC(=O)C(CO)NC(=O)CNC(=O)C(CC(C)C)NC(=O)C(C1)NC(=O)C(CCC(N)=O)NC2=O. The van der Waals surface area contributed by atoms with Gasteiger partial charge in [0.15, 0.2) is 5.96 Å². The summed E-state index contributed by atoms with van der Waals surface area (Å²) < 4.78 is 0. The van der Waals surface area contributed by atoms with Crippen LogP contribution in [0.1, 0.15) is 143 Å². The van der Waals surface area contributed by atoms with Crippen LogP contribution in [0.15, 0.2) is 16.6 Å². The van der Waals surface area contributed by atoms with Crippen LogP contribution in [0.25, 0.3) is 0 Å². The van der Waals surface area contributed by atoms with Gasteiger partial charge in [0.1, 0.15) is 35.7 Å². The summed E-state index contributed by atoms with van der Waals surface area (Å²) in [6.07, 6.45) is 16.0. The number of aliphatic imine (C=N–C) groups is 1. The Morgan fingerprint density at radius 1 is 0.786 bits per heavy atom. The summed E-state index contributed by atoms with van der Waals surface area (Å²) in [5, 5.41) is 37.9. The molecule has 13 N–H and O–H groups in total. The first kappa shape index (κ1) is 60.7. The molecule has 0 aromatic heterocycles. The first-order valence-corrected chi connectivity index (χ1v) is 25.9. The van der Waals surface area contributed by atoms with Crippen molar-refractivity contribution in [2.75, 3.05) is 39.5 Å². The largest absolute Gasteiger partial charge is 0.394 e. The number of aliphatic hydroxyl groups excluding tert-OH is 1. The second-order valence-corrected chi connectivity index (χ2v) is 19.3. The first-order chi connectivity index (χ1) is 33.4. The lowest BCUT2D eigenvalue weighted by Crippen LogP contribution is -2.71. The molecule has 70 heavy (non-hydrogen) atoms. The number of primary amides is 1. The number of nitrogens with two attached hydrogens (primary N) is 1. The van der Waals surface area contributed by atoms with Gasteiger partial charge in [0.25, 0.3) is 0 Å². The van der Waals surface area contributed by atoms with Crippen molar-refractivity contribution in [2.24, 2.45) is 16.6 Å². The number of amides is 9. The van der Waals surface area contributed by atoms with Crippen LogP contribution < -0.4 is 58.9 Å². The quantitative estimate of drug-likeness (QED) is 0.0311. The van der Waals surface area contributed by atoms with Crippen LogP contribution in [0.2, 0.25) is 0 Å². The number of aliphatic hydroxyl groups is 1. The van der Waals surface area contributed by atoms with E-state index < -0.39 is 103 Å². The number of hydrogen-bond donors (Lipinski definition) is 12. The highest BCUT2D eigenvalue weighted by molar-refractivity contribution is 8.02. The maximum atomic E-state index is 14.5. The fourth-order valence-corrected chi connectivity index (χ4v) is 8.81. The van der Waals surface area contributed by atoms with Crippen LogP contribution in [0.4, 0.5) is 0 Å².